The van der Waals surface area contributed by atoms with Gasteiger partial charge in [-0.1, -0.05) is 37.3 Å². The van der Waals surface area contributed by atoms with Crippen LogP contribution in [0.15, 0.2) is 35.7 Å². The highest BCUT2D eigenvalue weighted by Crippen LogP contribution is 2.32. The third-order valence-corrected chi connectivity index (χ3v) is 5.80. The molecule has 1 N–H and O–H groups in total. The predicted octanol–water partition coefficient (Wildman–Crippen LogP) is 3.92. The Morgan fingerprint density at radius 1 is 1.35 bits per heavy atom. The number of carbonyl (C=O) groups is 1. The molecule has 0 saturated carbocycles. The van der Waals surface area contributed by atoms with Crippen molar-refractivity contribution in [3.05, 3.63) is 68.9 Å². The van der Waals surface area contributed by atoms with Crippen LogP contribution in [-0.2, 0) is 13.0 Å². The highest BCUT2D eigenvalue weighted by Gasteiger charge is 2.29. The van der Waals surface area contributed by atoms with Gasteiger partial charge >= 0.3 is 0 Å². The van der Waals surface area contributed by atoms with Crippen LogP contribution in [0, 0.1) is 6.92 Å². The van der Waals surface area contributed by atoms with Crippen LogP contribution in [0.2, 0.25) is 0 Å². The van der Waals surface area contributed by atoms with E-state index in [4.69, 9.17) is 0 Å². The number of fused-ring (bicyclic) bond motifs is 1. The molecule has 1 aliphatic rings. The van der Waals surface area contributed by atoms with Crippen molar-refractivity contribution in [2.45, 2.75) is 39.2 Å². The van der Waals surface area contributed by atoms with Crippen molar-refractivity contribution in [2.24, 2.45) is 0 Å². The normalized spacial score (nSPS) is 14.9. The molecule has 3 heterocycles. The Kier molecular flexibility index (Phi) is 4.59. The molecule has 0 radical (unpaired) electrons. The minimum atomic E-state index is 0.0138. The maximum absolute atomic E-state index is 12.8. The van der Waals surface area contributed by atoms with Crippen LogP contribution in [-0.4, -0.2) is 32.5 Å². The predicted molar refractivity (Wildman–Crippen MR) is 102 cm³/mol. The summed E-state index contributed by atoms with van der Waals surface area (Å²) in [4.78, 5) is 19.1. The van der Waals surface area contributed by atoms with Gasteiger partial charge in [-0.2, -0.15) is 5.10 Å². The fourth-order valence-corrected chi connectivity index (χ4v) is 4.26. The number of amides is 1. The largest absolute Gasteiger partial charge is 0.332 e. The van der Waals surface area contributed by atoms with E-state index in [9.17, 15) is 4.79 Å². The highest BCUT2D eigenvalue weighted by molar-refractivity contribution is 7.09. The van der Waals surface area contributed by atoms with Crippen molar-refractivity contribution in [1.29, 1.82) is 0 Å². The summed E-state index contributed by atoms with van der Waals surface area (Å²) >= 11 is 1.52. The first-order chi connectivity index (χ1) is 12.7. The molecule has 5 nitrogen and oxygen atoms in total. The first kappa shape index (κ1) is 17.0. The van der Waals surface area contributed by atoms with Crippen molar-refractivity contribution in [1.82, 2.24) is 20.1 Å². The summed E-state index contributed by atoms with van der Waals surface area (Å²) < 4.78 is 0. The Hall–Kier alpha value is -2.47. The number of aromatic nitrogens is 3. The molecule has 1 amide bonds. The van der Waals surface area contributed by atoms with Crippen LogP contribution in [0.25, 0.3) is 0 Å². The molecule has 1 aromatic carbocycles. The van der Waals surface area contributed by atoms with Crippen molar-refractivity contribution < 1.29 is 4.79 Å². The van der Waals surface area contributed by atoms with Gasteiger partial charge in [0.2, 0.25) is 0 Å². The van der Waals surface area contributed by atoms with Gasteiger partial charge in [-0.25, -0.2) is 4.98 Å². The Morgan fingerprint density at radius 3 is 2.85 bits per heavy atom. The Morgan fingerprint density at radius 2 is 2.15 bits per heavy atom. The molecule has 1 unspecified atom stereocenters. The molecule has 134 valence electrons. The standard InChI is InChI=1S/C20H22N4OS/c1-3-15(14-7-5-4-6-8-14)19-16-11-24(10-9-17(16)22-23-19)20(25)18-12-26-13(2)21-18/h4-8,12,15H,3,9-11H2,1-2H3,(H,22,23). The number of aromatic amines is 1. The third-order valence-electron chi connectivity index (χ3n) is 5.03. The zero-order valence-corrected chi connectivity index (χ0v) is 15.8. The van der Waals surface area contributed by atoms with E-state index >= 15 is 0 Å². The van der Waals surface area contributed by atoms with E-state index in [-0.39, 0.29) is 11.8 Å². The number of nitrogens with zero attached hydrogens (tertiary/aromatic N) is 3. The number of aryl methyl sites for hydroxylation is 1. The fourth-order valence-electron chi connectivity index (χ4n) is 3.67. The fraction of sp³-hybridized carbons (Fsp3) is 0.350. The summed E-state index contributed by atoms with van der Waals surface area (Å²) in [5.41, 5.74) is 5.22. The number of nitrogens with one attached hydrogen (secondary N) is 1. The number of hydrogen-bond acceptors (Lipinski definition) is 4. The van der Waals surface area contributed by atoms with E-state index < -0.39 is 0 Å². The molecule has 0 aliphatic carbocycles. The van der Waals surface area contributed by atoms with Gasteiger partial charge in [0.25, 0.3) is 5.91 Å². The Labute approximate surface area is 157 Å². The van der Waals surface area contributed by atoms with E-state index in [0.717, 1.165) is 29.2 Å². The molecule has 1 atom stereocenters. The summed E-state index contributed by atoms with van der Waals surface area (Å²) in [6, 6.07) is 10.5. The average molecular weight is 366 g/mol. The summed E-state index contributed by atoms with van der Waals surface area (Å²) in [5.74, 6) is 0.257. The monoisotopic (exact) mass is 366 g/mol. The van der Waals surface area contributed by atoms with Crippen molar-refractivity contribution in [3.63, 3.8) is 0 Å². The summed E-state index contributed by atoms with van der Waals surface area (Å²) in [5, 5.41) is 10.6. The highest BCUT2D eigenvalue weighted by atomic mass is 32.1. The van der Waals surface area contributed by atoms with Gasteiger partial charge in [0.15, 0.2) is 0 Å². The molecule has 0 bridgehead atoms. The number of rotatable bonds is 4. The molecule has 4 rings (SSSR count). The lowest BCUT2D eigenvalue weighted by molar-refractivity contribution is 0.0728. The van der Waals surface area contributed by atoms with Crippen LogP contribution in [0.4, 0.5) is 0 Å². The van der Waals surface area contributed by atoms with Crippen LogP contribution >= 0.6 is 11.3 Å². The molecular formula is C20H22N4OS. The van der Waals surface area contributed by atoms with Crippen molar-refractivity contribution >= 4 is 17.2 Å². The molecule has 3 aromatic rings. The number of thiazole rings is 1. The van der Waals surface area contributed by atoms with Crippen LogP contribution in [0.3, 0.4) is 0 Å². The minimum Gasteiger partial charge on any atom is -0.332 e. The molecule has 6 heteroatoms. The SMILES string of the molecule is CCC(c1ccccc1)c1n[nH]c2c1CN(C(=O)c1csc(C)n1)CC2. The number of H-pyrrole nitrogens is 1. The van der Waals surface area contributed by atoms with Gasteiger partial charge in [-0.15, -0.1) is 11.3 Å². The molecule has 1 aliphatic heterocycles. The number of hydrogen-bond donors (Lipinski definition) is 1. The van der Waals surface area contributed by atoms with Crippen molar-refractivity contribution in [3.8, 4) is 0 Å². The van der Waals surface area contributed by atoms with Gasteiger partial charge in [0.05, 0.1) is 10.7 Å². The molecule has 26 heavy (non-hydrogen) atoms. The minimum absolute atomic E-state index is 0.0138. The van der Waals surface area contributed by atoms with Gasteiger partial charge in [-0.05, 0) is 18.9 Å². The lowest BCUT2D eigenvalue weighted by atomic mass is 9.89. The lowest BCUT2D eigenvalue weighted by Crippen LogP contribution is -2.36. The van der Waals surface area contributed by atoms with Gasteiger partial charge in [0, 0.05) is 42.1 Å². The van der Waals surface area contributed by atoms with Crippen LogP contribution in [0.1, 0.15) is 57.3 Å². The molecule has 2 aromatic heterocycles. The lowest BCUT2D eigenvalue weighted by Gasteiger charge is -2.27. The topological polar surface area (TPSA) is 61.9 Å². The first-order valence-corrected chi connectivity index (χ1v) is 9.87. The summed E-state index contributed by atoms with van der Waals surface area (Å²) in [6.07, 6.45) is 1.78. The number of carbonyl (C=O) groups excluding carboxylic acids is 1. The Bertz CT molecular complexity index is 915. The average Bonchev–Trinajstić information content (AvgIpc) is 3.29. The van der Waals surface area contributed by atoms with Crippen LogP contribution < -0.4 is 0 Å². The van der Waals surface area contributed by atoms with E-state index in [1.54, 1.807) is 0 Å². The second-order valence-corrected chi connectivity index (χ2v) is 7.73. The van der Waals surface area contributed by atoms with Crippen molar-refractivity contribution in [2.75, 3.05) is 6.54 Å². The molecule has 0 fully saturated rings. The van der Waals surface area contributed by atoms with Gasteiger partial charge in [0.1, 0.15) is 5.69 Å². The van der Waals surface area contributed by atoms with E-state index in [1.165, 1.54) is 22.5 Å². The maximum Gasteiger partial charge on any atom is 0.273 e. The zero-order valence-electron chi connectivity index (χ0n) is 15.0. The smallest absolute Gasteiger partial charge is 0.273 e. The van der Waals surface area contributed by atoms with E-state index in [2.05, 4.69) is 46.4 Å². The van der Waals surface area contributed by atoms with Crippen LogP contribution in [0.5, 0.6) is 0 Å². The summed E-state index contributed by atoms with van der Waals surface area (Å²) in [6.45, 7) is 5.41. The first-order valence-electron chi connectivity index (χ1n) is 8.99. The molecule has 0 spiro atoms. The number of benzene rings is 1. The molecule has 0 saturated heterocycles. The quantitative estimate of drug-likeness (QED) is 0.761. The zero-order chi connectivity index (χ0) is 18.1. The summed E-state index contributed by atoms with van der Waals surface area (Å²) in [7, 11) is 0. The van der Waals surface area contributed by atoms with E-state index in [0.29, 0.717) is 18.8 Å². The Balaban J connectivity index is 1.63. The van der Waals surface area contributed by atoms with E-state index in [1.807, 2.05) is 23.3 Å². The third kappa shape index (κ3) is 3.05. The molecular weight excluding hydrogens is 344 g/mol. The van der Waals surface area contributed by atoms with Gasteiger partial charge < -0.3 is 4.90 Å². The second kappa shape index (κ2) is 7.03. The van der Waals surface area contributed by atoms with Gasteiger partial charge in [-0.3, -0.25) is 9.89 Å². The second-order valence-electron chi connectivity index (χ2n) is 6.67. The maximum atomic E-state index is 12.8.